The van der Waals surface area contributed by atoms with Crippen molar-refractivity contribution in [3.8, 4) is 23.7 Å². The first-order valence-corrected chi connectivity index (χ1v) is 11.3. The summed E-state index contributed by atoms with van der Waals surface area (Å²) in [6.07, 6.45) is 3.59. The predicted octanol–water partition coefficient (Wildman–Crippen LogP) is 0.718. The van der Waals surface area contributed by atoms with Crippen molar-refractivity contribution in [3.05, 3.63) is 30.0 Å². The minimum atomic E-state index is -3.76. The monoisotopic (exact) mass is 429 g/mol. The average Bonchev–Trinajstić information content (AvgIpc) is 3.35. The highest BCUT2D eigenvalue weighted by Crippen LogP contribution is 2.36. The normalized spacial score (nSPS) is 19.7. The number of sulfone groups is 1. The number of fused-ring (bicyclic) bond motifs is 1. The Balaban J connectivity index is 1.72. The van der Waals surface area contributed by atoms with Crippen molar-refractivity contribution in [2.75, 3.05) is 12.9 Å². The van der Waals surface area contributed by atoms with Gasteiger partial charge in [0.15, 0.2) is 14.6 Å². The van der Waals surface area contributed by atoms with E-state index in [4.69, 9.17) is 10.3 Å². The third kappa shape index (κ3) is 4.65. The minimum Gasteiger partial charge on any atom is -0.396 e. The highest BCUT2D eigenvalue weighted by atomic mass is 32.2. The number of aliphatic hydroxyl groups excluding tert-OH is 1. The number of rotatable bonds is 6. The molecule has 30 heavy (non-hydrogen) atoms. The van der Waals surface area contributed by atoms with Gasteiger partial charge in [-0.2, -0.15) is 5.10 Å². The van der Waals surface area contributed by atoms with Crippen LogP contribution in [0.3, 0.4) is 0 Å². The van der Waals surface area contributed by atoms with E-state index in [9.17, 15) is 13.2 Å². The Kier molecular flexibility index (Phi) is 6.18. The van der Waals surface area contributed by atoms with Gasteiger partial charge in [0.05, 0.1) is 5.52 Å². The van der Waals surface area contributed by atoms with Crippen molar-refractivity contribution in [2.24, 2.45) is 11.8 Å². The molecule has 3 atom stereocenters. The lowest BCUT2D eigenvalue weighted by atomic mass is 10.1. The Bertz CT molecular complexity index is 1200. The first-order chi connectivity index (χ1) is 14.2. The zero-order valence-corrected chi connectivity index (χ0v) is 17.5. The van der Waals surface area contributed by atoms with E-state index in [0.717, 1.165) is 23.6 Å². The molecule has 3 rings (SSSR count). The van der Waals surface area contributed by atoms with Gasteiger partial charge < -0.3 is 5.11 Å². The molecule has 1 aliphatic carbocycles. The molecule has 1 amide bonds. The number of hydroxylamine groups is 1. The maximum absolute atomic E-state index is 12.1. The number of aromatic nitrogens is 2. The highest BCUT2D eigenvalue weighted by Gasteiger charge is 2.43. The van der Waals surface area contributed by atoms with Gasteiger partial charge in [0.2, 0.25) is 0 Å². The SMILES string of the molecule is C[C@@](CCn1cc2cc(C#CC#C[C@H]3C[C@@H]3CO)ccc2n1)(C(=O)NO)S(C)(=O)=O. The molecule has 0 spiro atoms. The lowest BCUT2D eigenvalue weighted by Crippen LogP contribution is -2.49. The molecule has 1 aromatic carbocycles. The van der Waals surface area contributed by atoms with Crippen molar-refractivity contribution in [3.63, 3.8) is 0 Å². The maximum atomic E-state index is 12.1. The minimum absolute atomic E-state index is 0.0511. The molecule has 1 aliphatic rings. The summed E-state index contributed by atoms with van der Waals surface area (Å²) in [6, 6.07) is 5.49. The summed E-state index contributed by atoms with van der Waals surface area (Å²) in [5, 5.41) is 23.1. The van der Waals surface area contributed by atoms with Crippen LogP contribution in [0.25, 0.3) is 10.9 Å². The molecule has 1 heterocycles. The zero-order valence-electron chi connectivity index (χ0n) is 16.7. The van der Waals surface area contributed by atoms with Gasteiger partial charge in [-0.15, -0.1) is 0 Å². The molecule has 0 radical (unpaired) electrons. The van der Waals surface area contributed by atoms with Gasteiger partial charge in [0.25, 0.3) is 5.91 Å². The molecule has 0 bridgehead atoms. The van der Waals surface area contributed by atoms with Crippen LogP contribution in [0.1, 0.15) is 25.3 Å². The molecule has 0 aliphatic heterocycles. The highest BCUT2D eigenvalue weighted by molar-refractivity contribution is 7.92. The van der Waals surface area contributed by atoms with Gasteiger partial charge in [-0.1, -0.05) is 11.8 Å². The first kappa shape index (κ1) is 21.8. The molecule has 158 valence electrons. The van der Waals surface area contributed by atoms with Crippen LogP contribution in [0.15, 0.2) is 24.4 Å². The van der Waals surface area contributed by atoms with E-state index in [2.05, 4.69) is 28.8 Å². The predicted molar refractivity (Wildman–Crippen MR) is 111 cm³/mol. The zero-order chi connectivity index (χ0) is 21.9. The second kappa shape index (κ2) is 8.49. The van der Waals surface area contributed by atoms with Crippen LogP contribution >= 0.6 is 0 Å². The van der Waals surface area contributed by atoms with Crippen LogP contribution in [0.2, 0.25) is 0 Å². The summed E-state index contributed by atoms with van der Waals surface area (Å²) >= 11 is 0. The lowest BCUT2D eigenvalue weighted by Gasteiger charge is -2.24. The number of benzene rings is 1. The fourth-order valence-electron chi connectivity index (χ4n) is 3.04. The van der Waals surface area contributed by atoms with Crippen LogP contribution in [0, 0.1) is 35.5 Å². The number of amides is 1. The number of aliphatic hydroxyl groups is 1. The fraction of sp³-hybridized carbons (Fsp3) is 0.429. The number of nitrogens with one attached hydrogen (secondary N) is 1. The second-order valence-corrected chi connectivity index (χ2v) is 10.1. The molecule has 1 saturated carbocycles. The molecular formula is C21H23N3O5S. The van der Waals surface area contributed by atoms with E-state index in [0.29, 0.717) is 5.52 Å². The van der Waals surface area contributed by atoms with Crippen LogP contribution in [0.5, 0.6) is 0 Å². The molecule has 8 nitrogen and oxygen atoms in total. The van der Waals surface area contributed by atoms with Crippen LogP contribution in [0.4, 0.5) is 0 Å². The molecule has 0 saturated heterocycles. The van der Waals surface area contributed by atoms with Gasteiger partial charge in [-0.25, -0.2) is 13.9 Å². The maximum Gasteiger partial charge on any atom is 0.264 e. The number of aryl methyl sites for hydroxylation is 1. The summed E-state index contributed by atoms with van der Waals surface area (Å²) in [5.41, 5.74) is 2.92. The van der Waals surface area contributed by atoms with E-state index >= 15 is 0 Å². The first-order valence-electron chi connectivity index (χ1n) is 9.41. The molecule has 0 unspecified atom stereocenters. The Labute approximate surface area is 175 Å². The topological polar surface area (TPSA) is 122 Å². The summed E-state index contributed by atoms with van der Waals surface area (Å²) in [6.45, 7) is 1.61. The molecule has 2 aromatic rings. The quantitative estimate of drug-likeness (QED) is 0.353. The average molecular weight is 429 g/mol. The van der Waals surface area contributed by atoms with E-state index in [1.165, 1.54) is 12.4 Å². The molecule has 3 N–H and O–H groups in total. The molecule has 9 heteroatoms. The molecule has 1 fully saturated rings. The van der Waals surface area contributed by atoms with Crippen molar-refractivity contribution in [1.29, 1.82) is 0 Å². The van der Waals surface area contributed by atoms with E-state index in [1.54, 1.807) is 10.9 Å². The third-order valence-electron chi connectivity index (χ3n) is 5.45. The standard InChI is InChI=1S/C21H23N3O5S/c1-21(20(26)23-27,30(2,28)29)9-10-24-13-17-11-15(7-8-19(17)22-24)5-3-4-6-16-12-18(16)14-25/h7-8,11,13,16,18,25,27H,9-10,12,14H2,1-2H3,(H,23,26)/t16-,18+,21+/m0/s1. The summed E-state index contributed by atoms with van der Waals surface area (Å²) in [4.78, 5) is 11.9. The number of carbonyl (C=O) groups excluding carboxylic acids is 1. The van der Waals surface area contributed by atoms with Crippen molar-refractivity contribution in [2.45, 2.75) is 31.1 Å². The Morgan fingerprint density at radius 3 is 2.80 bits per heavy atom. The third-order valence-corrected chi connectivity index (χ3v) is 7.48. The van der Waals surface area contributed by atoms with Gasteiger partial charge in [-0.05, 0) is 55.7 Å². The van der Waals surface area contributed by atoms with Crippen LogP contribution < -0.4 is 5.48 Å². The number of carbonyl (C=O) groups is 1. The number of nitrogens with zero attached hydrogens (tertiary/aromatic N) is 2. The number of hydrogen-bond donors (Lipinski definition) is 3. The lowest BCUT2D eigenvalue weighted by molar-refractivity contribution is -0.131. The van der Waals surface area contributed by atoms with Gasteiger partial charge in [0, 0.05) is 42.5 Å². The van der Waals surface area contributed by atoms with Crippen molar-refractivity contribution < 1.29 is 23.5 Å². The van der Waals surface area contributed by atoms with E-state index < -0.39 is 20.5 Å². The Hall–Kier alpha value is -2.85. The van der Waals surface area contributed by atoms with Crippen molar-refractivity contribution in [1.82, 2.24) is 15.3 Å². The summed E-state index contributed by atoms with van der Waals surface area (Å²) < 4.78 is 23.9. The van der Waals surface area contributed by atoms with Crippen LogP contribution in [-0.4, -0.2) is 52.0 Å². The van der Waals surface area contributed by atoms with Crippen molar-refractivity contribution >= 4 is 26.6 Å². The number of hydrogen-bond acceptors (Lipinski definition) is 6. The summed E-state index contributed by atoms with van der Waals surface area (Å²) in [7, 11) is -3.76. The Morgan fingerprint density at radius 1 is 1.40 bits per heavy atom. The second-order valence-electron chi connectivity index (χ2n) is 7.66. The van der Waals surface area contributed by atoms with E-state index in [1.807, 2.05) is 18.2 Å². The fourth-order valence-corrected chi connectivity index (χ4v) is 3.89. The Morgan fingerprint density at radius 2 is 2.17 bits per heavy atom. The van der Waals surface area contributed by atoms with Gasteiger partial charge in [0.1, 0.15) is 0 Å². The van der Waals surface area contributed by atoms with Gasteiger partial charge >= 0.3 is 0 Å². The smallest absolute Gasteiger partial charge is 0.264 e. The van der Waals surface area contributed by atoms with Gasteiger partial charge in [-0.3, -0.25) is 14.7 Å². The van der Waals surface area contributed by atoms with E-state index in [-0.39, 0.29) is 31.4 Å². The molecular weight excluding hydrogens is 406 g/mol. The van der Waals surface area contributed by atoms with Crippen LogP contribution in [-0.2, 0) is 21.2 Å². The largest absolute Gasteiger partial charge is 0.396 e. The summed E-state index contributed by atoms with van der Waals surface area (Å²) in [5.74, 6) is 11.2. The molecule has 1 aromatic heterocycles.